The zero-order valence-corrected chi connectivity index (χ0v) is 16.2. The van der Waals surface area contributed by atoms with E-state index in [1.54, 1.807) is 19.2 Å². The SMILES string of the molecule is COc1nc(C)c(F)c(OC)c1-c1cc2cc(NC(=O)C3CC3)ncc2n1C. The Morgan fingerprint density at radius 1 is 1.29 bits per heavy atom. The van der Waals surface area contributed by atoms with Crippen LogP contribution in [0.25, 0.3) is 22.2 Å². The highest BCUT2D eigenvalue weighted by Crippen LogP contribution is 2.41. The van der Waals surface area contributed by atoms with Gasteiger partial charge in [-0.1, -0.05) is 0 Å². The topological polar surface area (TPSA) is 78.3 Å². The lowest BCUT2D eigenvalue weighted by molar-refractivity contribution is -0.117. The van der Waals surface area contributed by atoms with Gasteiger partial charge in [0.2, 0.25) is 11.8 Å². The van der Waals surface area contributed by atoms with E-state index >= 15 is 0 Å². The van der Waals surface area contributed by atoms with Crippen LogP contribution in [0.15, 0.2) is 18.3 Å². The molecular formula is C20H21FN4O3. The quantitative estimate of drug-likeness (QED) is 0.729. The molecule has 0 aliphatic heterocycles. The van der Waals surface area contributed by atoms with Crippen LogP contribution in [0.2, 0.25) is 0 Å². The maximum Gasteiger partial charge on any atom is 0.228 e. The summed E-state index contributed by atoms with van der Waals surface area (Å²) in [5, 5.41) is 3.70. The number of aromatic nitrogens is 3. The van der Waals surface area contributed by atoms with Crippen molar-refractivity contribution in [2.24, 2.45) is 13.0 Å². The van der Waals surface area contributed by atoms with Crippen molar-refractivity contribution in [3.05, 3.63) is 29.8 Å². The molecule has 4 rings (SSSR count). The molecule has 28 heavy (non-hydrogen) atoms. The number of fused-ring (bicyclic) bond motifs is 1. The van der Waals surface area contributed by atoms with E-state index < -0.39 is 5.82 Å². The van der Waals surface area contributed by atoms with Crippen LogP contribution in [0.4, 0.5) is 10.2 Å². The van der Waals surface area contributed by atoms with Crippen LogP contribution in [0.1, 0.15) is 18.5 Å². The number of ether oxygens (including phenoxy) is 2. The molecule has 3 aromatic heterocycles. The highest BCUT2D eigenvalue weighted by molar-refractivity contribution is 5.96. The lowest BCUT2D eigenvalue weighted by Gasteiger charge is -2.15. The van der Waals surface area contributed by atoms with Crippen molar-refractivity contribution in [1.29, 1.82) is 0 Å². The molecule has 0 bridgehead atoms. The molecule has 0 saturated heterocycles. The van der Waals surface area contributed by atoms with Gasteiger partial charge in [-0.3, -0.25) is 4.79 Å². The van der Waals surface area contributed by atoms with Crippen LogP contribution in [0.5, 0.6) is 11.6 Å². The molecule has 146 valence electrons. The highest BCUT2D eigenvalue weighted by Gasteiger charge is 2.30. The van der Waals surface area contributed by atoms with Crippen LogP contribution >= 0.6 is 0 Å². The summed E-state index contributed by atoms with van der Waals surface area (Å²) in [6.07, 6.45) is 3.53. The number of carbonyl (C=O) groups excluding carboxylic acids is 1. The normalized spacial score (nSPS) is 13.6. The van der Waals surface area contributed by atoms with Gasteiger partial charge in [0, 0.05) is 18.4 Å². The van der Waals surface area contributed by atoms with Gasteiger partial charge in [-0.25, -0.2) is 14.4 Å². The third-order valence-corrected chi connectivity index (χ3v) is 5.01. The largest absolute Gasteiger partial charge is 0.493 e. The van der Waals surface area contributed by atoms with E-state index in [2.05, 4.69) is 15.3 Å². The van der Waals surface area contributed by atoms with Gasteiger partial charge in [0.25, 0.3) is 0 Å². The van der Waals surface area contributed by atoms with Crippen molar-refractivity contribution in [2.75, 3.05) is 19.5 Å². The summed E-state index contributed by atoms with van der Waals surface area (Å²) >= 11 is 0. The van der Waals surface area contributed by atoms with Gasteiger partial charge in [0.05, 0.1) is 37.3 Å². The first-order valence-corrected chi connectivity index (χ1v) is 8.99. The molecule has 1 amide bonds. The minimum atomic E-state index is -0.529. The van der Waals surface area contributed by atoms with Gasteiger partial charge in [-0.15, -0.1) is 0 Å². The Hall–Kier alpha value is -3.16. The monoisotopic (exact) mass is 384 g/mol. The summed E-state index contributed by atoms with van der Waals surface area (Å²) in [6.45, 7) is 1.56. The Morgan fingerprint density at radius 3 is 2.68 bits per heavy atom. The molecule has 1 saturated carbocycles. The Bertz CT molecular complexity index is 1090. The lowest BCUT2D eigenvalue weighted by atomic mass is 10.1. The first-order valence-electron chi connectivity index (χ1n) is 8.99. The van der Waals surface area contributed by atoms with E-state index in [1.807, 2.05) is 17.7 Å². The van der Waals surface area contributed by atoms with Crippen molar-refractivity contribution in [1.82, 2.24) is 14.5 Å². The molecule has 7 nitrogen and oxygen atoms in total. The molecule has 3 aromatic rings. The minimum absolute atomic E-state index is 0.00357. The molecule has 1 fully saturated rings. The Kier molecular flexibility index (Phi) is 4.41. The number of nitrogens with zero attached hydrogens (tertiary/aromatic N) is 3. The van der Waals surface area contributed by atoms with E-state index in [4.69, 9.17) is 9.47 Å². The second kappa shape index (κ2) is 6.78. The first-order chi connectivity index (χ1) is 13.4. The number of amides is 1. The zero-order valence-electron chi connectivity index (χ0n) is 16.2. The van der Waals surface area contributed by atoms with E-state index in [9.17, 15) is 9.18 Å². The number of rotatable bonds is 5. The fourth-order valence-corrected chi connectivity index (χ4v) is 3.31. The third-order valence-electron chi connectivity index (χ3n) is 5.01. The number of nitrogens with one attached hydrogen (secondary N) is 1. The van der Waals surface area contributed by atoms with E-state index in [0.717, 1.165) is 23.7 Å². The average molecular weight is 384 g/mol. The molecule has 0 spiro atoms. The summed E-state index contributed by atoms with van der Waals surface area (Å²) in [5.74, 6) is 0.408. The summed E-state index contributed by atoms with van der Waals surface area (Å²) in [6, 6.07) is 3.68. The van der Waals surface area contributed by atoms with E-state index in [-0.39, 0.29) is 29.1 Å². The molecule has 8 heteroatoms. The number of anilines is 1. The number of aryl methyl sites for hydroxylation is 2. The minimum Gasteiger partial charge on any atom is -0.493 e. The predicted octanol–water partition coefficient (Wildman–Crippen LogP) is 3.45. The van der Waals surface area contributed by atoms with E-state index in [1.165, 1.54) is 14.2 Å². The van der Waals surface area contributed by atoms with Crippen LogP contribution in [0, 0.1) is 18.7 Å². The Morgan fingerprint density at radius 2 is 2.04 bits per heavy atom. The molecule has 3 heterocycles. The summed E-state index contributed by atoms with van der Waals surface area (Å²) in [4.78, 5) is 20.5. The van der Waals surface area contributed by atoms with Crippen molar-refractivity contribution in [3.8, 4) is 22.9 Å². The summed E-state index contributed by atoms with van der Waals surface area (Å²) in [5.41, 5.74) is 2.12. The Balaban J connectivity index is 1.84. The van der Waals surface area contributed by atoms with Gasteiger partial charge in [0.15, 0.2) is 11.6 Å². The Labute approximate surface area is 161 Å². The van der Waals surface area contributed by atoms with Crippen molar-refractivity contribution >= 4 is 22.6 Å². The molecule has 0 atom stereocenters. The van der Waals surface area contributed by atoms with Crippen LogP contribution < -0.4 is 14.8 Å². The molecule has 1 aliphatic rings. The average Bonchev–Trinajstić information content (AvgIpc) is 3.48. The number of carbonyl (C=O) groups is 1. The second-order valence-corrected chi connectivity index (χ2v) is 6.91. The maximum atomic E-state index is 14.6. The number of hydrogen-bond donors (Lipinski definition) is 1. The molecule has 0 radical (unpaired) electrons. The number of hydrogen-bond acceptors (Lipinski definition) is 5. The molecule has 1 N–H and O–H groups in total. The maximum absolute atomic E-state index is 14.6. The number of pyridine rings is 2. The first kappa shape index (κ1) is 18.2. The van der Waals surface area contributed by atoms with Crippen LogP contribution in [-0.2, 0) is 11.8 Å². The molecule has 1 aliphatic carbocycles. The molecular weight excluding hydrogens is 363 g/mol. The van der Waals surface area contributed by atoms with Crippen molar-refractivity contribution < 1.29 is 18.7 Å². The van der Waals surface area contributed by atoms with Gasteiger partial charge in [0.1, 0.15) is 11.4 Å². The smallest absolute Gasteiger partial charge is 0.228 e. The standard InChI is InChI=1S/C20H21FN4O3/c1-10-17(21)18(27-3)16(20(23-10)28-4)13-7-12-8-15(22-9-14(12)25(13)2)24-19(26)11-5-6-11/h7-9,11H,5-6H2,1-4H3,(H,22,24,26). The summed E-state index contributed by atoms with van der Waals surface area (Å²) in [7, 11) is 4.74. The van der Waals surface area contributed by atoms with Crippen LogP contribution in [0.3, 0.4) is 0 Å². The van der Waals surface area contributed by atoms with Gasteiger partial charge < -0.3 is 19.4 Å². The fourth-order valence-electron chi connectivity index (χ4n) is 3.31. The summed E-state index contributed by atoms with van der Waals surface area (Å²) < 4.78 is 27.2. The molecule has 0 unspecified atom stereocenters. The van der Waals surface area contributed by atoms with E-state index in [0.29, 0.717) is 17.1 Å². The lowest BCUT2D eigenvalue weighted by Crippen LogP contribution is -2.14. The van der Waals surface area contributed by atoms with Gasteiger partial charge in [-0.05, 0) is 31.9 Å². The van der Waals surface area contributed by atoms with Crippen LogP contribution in [-0.4, -0.2) is 34.7 Å². The highest BCUT2D eigenvalue weighted by atomic mass is 19.1. The third kappa shape index (κ3) is 2.94. The predicted molar refractivity (Wildman–Crippen MR) is 103 cm³/mol. The molecule has 0 aromatic carbocycles. The van der Waals surface area contributed by atoms with Crippen molar-refractivity contribution in [3.63, 3.8) is 0 Å². The van der Waals surface area contributed by atoms with Gasteiger partial charge >= 0.3 is 0 Å². The number of halogens is 1. The van der Waals surface area contributed by atoms with Gasteiger partial charge in [-0.2, -0.15) is 0 Å². The zero-order chi connectivity index (χ0) is 20.0. The second-order valence-electron chi connectivity index (χ2n) is 6.91. The fraction of sp³-hybridized carbons (Fsp3) is 0.350. The number of methoxy groups -OCH3 is 2. The van der Waals surface area contributed by atoms with Crippen molar-refractivity contribution in [2.45, 2.75) is 19.8 Å².